The molecule has 2 atom stereocenters. The number of amides is 1. The molecule has 1 N–H and O–H groups in total. The zero-order valence-electron chi connectivity index (χ0n) is 14.0. The number of fused-ring (bicyclic) bond motifs is 1. The Morgan fingerprint density at radius 1 is 1.11 bits per heavy atom. The normalized spacial score (nSPS) is 19.3. The minimum Gasteiger partial charge on any atom is -0.467 e. The maximum Gasteiger partial charge on any atom is 0.250 e. The van der Waals surface area contributed by atoms with Gasteiger partial charge in [-0.2, -0.15) is 0 Å². The van der Waals surface area contributed by atoms with E-state index in [0.29, 0.717) is 16.7 Å². The van der Waals surface area contributed by atoms with Crippen LogP contribution in [-0.4, -0.2) is 16.3 Å². The van der Waals surface area contributed by atoms with Gasteiger partial charge in [0.15, 0.2) is 5.13 Å². The fourth-order valence-corrected chi connectivity index (χ4v) is 4.38. The molecular formula is C20H14ClN3O2S. The number of β-lactam (4-membered cyclic amide) rings is 1. The molecule has 0 saturated carbocycles. The summed E-state index contributed by atoms with van der Waals surface area (Å²) in [5.41, 5.74) is 0.943. The van der Waals surface area contributed by atoms with Gasteiger partial charge >= 0.3 is 0 Å². The number of halogens is 1. The molecule has 27 heavy (non-hydrogen) atoms. The number of hydrogen-bond acceptors (Lipinski definition) is 5. The lowest BCUT2D eigenvalue weighted by atomic mass is 10.00. The molecule has 1 aliphatic heterocycles. The molecule has 134 valence electrons. The summed E-state index contributed by atoms with van der Waals surface area (Å²) in [6.45, 7) is 0. The first-order valence-corrected chi connectivity index (χ1v) is 9.74. The summed E-state index contributed by atoms with van der Waals surface area (Å²) in [5, 5.41) is 7.49. The minimum absolute atomic E-state index is 0.162. The Hall–Kier alpha value is -2.83. The topological polar surface area (TPSA) is 58.4 Å². The van der Waals surface area contributed by atoms with Gasteiger partial charge in [-0.3, -0.25) is 9.69 Å². The second-order valence-electron chi connectivity index (χ2n) is 6.27. The molecule has 2 unspecified atom stereocenters. The number of nitrogens with zero attached hydrogens (tertiary/aromatic N) is 2. The third kappa shape index (κ3) is 2.78. The molecule has 0 spiro atoms. The Morgan fingerprint density at radius 2 is 1.96 bits per heavy atom. The van der Waals surface area contributed by atoms with E-state index in [4.69, 9.17) is 16.0 Å². The van der Waals surface area contributed by atoms with E-state index in [2.05, 4.69) is 34.6 Å². The molecule has 3 heterocycles. The minimum atomic E-state index is -0.628. The quantitative estimate of drug-likeness (QED) is 0.375. The van der Waals surface area contributed by atoms with E-state index in [9.17, 15) is 4.79 Å². The highest BCUT2D eigenvalue weighted by molar-refractivity contribution is 7.14. The molecule has 1 saturated heterocycles. The van der Waals surface area contributed by atoms with Gasteiger partial charge in [0.05, 0.1) is 6.26 Å². The predicted molar refractivity (Wildman–Crippen MR) is 108 cm³/mol. The molecule has 2 aromatic carbocycles. The Balaban J connectivity index is 1.40. The maximum absolute atomic E-state index is 12.3. The van der Waals surface area contributed by atoms with Crippen LogP contribution in [0.5, 0.6) is 0 Å². The lowest BCUT2D eigenvalue weighted by molar-refractivity contribution is -0.124. The fraction of sp³-hybridized carbons (Fsp3) is 0.100. The Kier molecular flexibility index (Phi) is 3.88. The number of aromatic nitrogens is 1. The summed E-state index contributed by atoms with van der Waals surface area (Å²) in [6, 6.07) is 17.6. The Bertz CT molecular complexity index is 1130. The fourth-order valence-electron chi connectivity index (χ4n) is 3.25. The zero-order valence-corrected chi connectivity index (χ0v) is 15.6. The summed E-state index contributed by atoms with van der Waals surface area (Å²) >= 11 is 7.60. The van der Waals surface area contributed by atoms with Crippen LogP contribution < -0.4 is 10.2 Å². The first-order chi connectivity index (χ1) is 13.2. The monoisotopic (exact) mass is 395 g/mol. The number of hydrogen-bond donors (Lipinski definition) is 1. The highest BCUT2D eigenvalue weighted by Crippen LogP contribution is 2.44. The summed E-state index contributed by atoms with van der Waals surface area (Å²) in [7, 11) is 0. The second kappa shape index (κ2) is 6.40. The van der Waals surface area contributed by atoms with Crippen LogP contribution in [0.1, 0.15) is 11.8 Å². The van der Waals surface area contributed by atoms with Gasteiger partial charge in [-0.15, -0.1) is 22.9 Å². The van der Waals surface area contributed by atoms with Crippen molar-refractivity contribution < 1.29 is 9.21 Å². The molecule has 5 nitrogen and oxygen atoms in total. The molecule has 5 rings (SSSR count). The van der Waals surface area contributed by atoms with Gasteiger partial charge in [-0.1, -0.05) is 30.3 Å². The number of furan rings is 1. The van der Waals surface area contributed by atoms with Crippen molar-refractivity contribution in [3.63, 3.8) is 0 Å². The van der Waals surface area contributed by atoms with Gasteiger partial charge in [0.1, 0.15) is 23.0 Å². The Labute approximate surface area is 164 Å². The summed E-state index contributed by atoms with van der Waals surface area (Å²) in [6.07, 6.45) is 1.58. The van der Waals surface area contributed by atoms with E-state index in [-0.39, 0.29) is 11.9 Å². The number of carbonyl (C=O) groups excluding carboxylic acids is 1. The van der Waals surface area contributed by atoms with Crippen molar-refractivity contribution in [1.29, 1.82) is 0 Å². The van der Waals surface area contributed by atoms with Crippen LogP contribution in [0, 0.1) is 0 Å². The van der Waals surface area contributed by atoms with E-state index >= 15 is 0 Å². The van der Waals surface area contributed by atoms with Gasteiger partial charge in [-0.25, -0.2) is 4.98 Å². The van der Waals surface area contributed by atoms with Crippen LogP contribution in [-0.2, 0) is 4.79 Å². The molecule has 7 heteroatoms. The highest BCUT2D eigenvalue weighted by Gasteiger charge is 2.50. The van der Waals surface area contributed by atoms with E-state index in [1.54, 1.807) is 17.2 Å². The number of thiazole rings is 1. The molecule has 0 bridgehead atoms. The lowest BCUT2D eigenvalue weighted by Gasteiger charge is -2.41. The zero-order chi connectivity index (χ0) is 18.4. The van der Waals surface area contributed by atoms with Crippen molar-refractivity contribution >= 4 is 56.3 Å². The predicted octanol–water partition coefficient (Wildman–Crippen LogP) is 5.33. The molecule has 2 aromatic heterocycles. The number of nitrogens with one attached hydrogen (secondary N) is 1. The van der Waals surface area contributed by atoms with Crippen molar-refractivity contribution in [3.05, 3.63) is 72.0 Å². The first-order valence-electron chi connectivity index (χ1n) is 8.42. The van der Waals surface area contributed by atoms with Crippen LogP contribution in [0.25, 0.3) is 10.8 Å². The van der Waals surface area contributed by atoms with Crippen LogP contribution in [0.15, 0.2) is 70.7 Å². The van der Waals surface area contributed by atoms with E-state index in [1.165, 1.54) is 16.7 Å². The van der Waals surface area contributed by atoms with E-state index in [0.717, 1.165) is 11.1 Å². The largest absolute Gasteiger partial charge is 0.467 e. The molecule has 0 aliphatic carbocycles. The van der Waals surface area contributed by atoms with Gasteiger partial charge in [0.25, 0.3) is 0 Å². The van der Waals surface area contributed by atoms with Crippen LogP contribution in [0.2, 0.25) is 0 Å². The molecule has 1 aliphatic rings. The third-order valence-corrected chi connectivity index (χ3v) is 5.85. The summed E-state index contributed by atoms with van der Waals surface area (Å²) in [4.78, 5) is 18.4. The first kappa shape index (κ1) is 16.4. The number of rotatable bonds is 4. The van der Waals surface area contributed by atoms with E-state index < -0.39 is 5.38 Å². The standard InChI is InChI=1S/C20H14ClN3O2S/c21-17-18(15-6-3-9-26-15)24(19(17)25)20-23-16(11-27-20)22-14-8-7-12-4-1-2-5-13(12)10-14/h1-11,17-18,22H. The number of anilines is 3. The third-order valence-electron chi connectivity index (χ3n) is 4.58. The van der Waals surface area contributed by atoms with Gasteiger partial charge < -0.3 is 9.73 Å². The molecule has 1 fully saturated rings. The van der Waals surface area contributed by atoms with E-state index in [1.807, 2.05) is 29.6 Å². The second-order valence-corrected chi connectivity index (χ2v) is 7.58. The van der Waals surface area contributed by atoms with Crippen molar-refractivity contribution in [3.8, 4) is 0 Å². The van der Waals surface area contributed by atoms with Crippen molar-refractivity contribution in [2.45, 2.75) is 11.4 Å². The molecule has 0 radical (unpaired) electrons. The van der Waals surface area contributed by atoms with Crippen LogP contribution in [0.4, 0.5) is 16.6 Å². The van der Waals surface area contributed by atoms with Crippen molar-refractivity contribution in [2.75, 3.05) is 10.2 Å². The molecular weight excluding hydrogens is 382 g/mol. The van der Waals surface area contributed by atoms with Crippen LogP contribution in [0.3, 0.4) is 0 Å². The number of carbonyl (C=O) groups is 1. The van der Waals surface area contributed by atoms with Crippen molar-refractivity contribution in [1.82, 2.24) is 4.98 Å². The summed E-state index contributed by atoms with van der Waals surface area (Å²) in [5.74, 6) is 1.19. The Morgan fingerprint density at radius 3 is 2.78 bits per heavy atom. The van der Waals surface area contributed by atoms with Gasteiger partial charge in [0, 0.05) is 11.1 Å². The van der Waals surface area contributed by atoms with Gasteiger partial charge in [-0.05, 0) is 35.0 Å². The van der Waals surface area contributed by atoms with Crippen LogP contribution >= 0.6 is 22.9 Å². The van der Waals surface area contributed by atoms with Gasteiger partial charge in [0.2, 0.25) is 5.91 Å². The smallest absolute Gasteiger partial charge is 0.250 e. The summed E-state index contributed by atoms with van der Waals surface area (Å²) < 4.78 is 5.43. The SMILES string of the molecule is O=C1C(Cl)C(c2ccco2)N1c1nc(Nc2ccc3ccccc3c2)cs1. The average Bonchev–Trinajstić information content (AvgIpc) is 3.37. The number of benzene rings is 2. The maximum atomic E-state index is 12.3. The molecule has 1 amide bonds. The highest BCUT2D eigenvalue weighted by atomic mass is 35.5. The van der Waals surface area contributed by atoms with Crippen molar-refractivity contribution in [2.24, 2.45) is 0 Å². The molecule has 4 aromatic rings. The number of alkyl halides is 1. The average molecular weight is 396 g/mol. The lowest BCUT2D eigenvalue weighted by Crippen LogP contribution is -2.56.